The number of nitrogens with zero attached hydrogens (tertiary/aromatic N) is 1. The number of halogens is 1. The summed E-state index contributed by atoms with van der Waals surface area (Å²) in [5, 5.41) is 13.1. The zero-order chi connectivity index (χ0) is 11.6. The molecule has 0 unspecified atom stereocenters. The summed E-state index contributed by atoms with van der Waals surface area (Å²) in [6.07, 6.45) is 0. The van der Waals surface area contributed by atoms with Gasteiger partial charge in [-0.2, -0.15) is 0 Å². The highest BCUT2D eigenvalue weighted by molar-refractivity contribution is 9.10. The summed E-state index contributed by atoms with van der Waals surface area (Å²) in [4.78, 5) is 20.9. The fourth-order valence-corrected chi connectivity index (χ4v) is 1.81. The van der Waals surface area contributed by atoms with E-state index in [0.717, 1.165) is 0 Å². The zero-order valence-electron chi connectivity index (χ0n) is 8.20. The molecule has 0 aliphatic carbocycles. The Balaban J connectivity index is 3.21. The molecule has 0 atom stereocenters. The highest BCUT2D eigenvalue weighted by atomic mass is 79.9. The Morgan fingerprint density at radius 1 is 1.53 bits per heavy atom. The standard InChI is InChI=1S/C9H9BrN2O3/c1-5-3-7(12(14)15)4-8(10)9(5)11-6(2)13/h3-4H,1-2H3,(H,11,13). The Bertz CT molecular complexity index is 408. The number of non-ortho nitro benzene ring substituents is 1. The second kappa shape index (κ2) is 4.39. The van der Waals surface area contributed by atoms with Gasteiger partial charge in [-0.15, -0.1) is 0 Å². The largest absolute Gasteiger partial charge is 0.325 e. The van der Waals surface area contributed by atoms with Crippen molar-refractivity contribution in [2.45, 2.75) is 13.8 Å². The lowest BCUT2D eigenvalue weighted by molar-refractivity contribution is -0.385. The zero-order valence-corrected chi connectivity index (χ0v) is 9.79. The quantitative estimate of drug-likeness (QED) is 0.665. The van der Waals surface area contributed by atoms with Gasteiger partial charge >= 0.3 is 0 Å². The van der Waals surface area contributed by atoms with E-state index in [-0.39, 0.29) is 11.6 Å². The summed E-state index contributed by atoms with van der Waals surface area (Å²) in [6.45, 7) is 3.08. The van der Waals surface area contributed by atoms with Crippen molar-refractivity contribution in [1.82, 2.24) is 0 Å². The summed E-state index contributed by atoms with van der Waals surface area (Å²) >= 11 is 3.18. The highest BCUT2D eigenvalue weighted by Gasteiger charge is 2.13. The molecular formula is C9H9BrN2O3. The van der Waals surface area contributed by atoms with Crippen LogP contribution in [0, 0.1) is 17.0 Å². The van der Waals surface area contributed by atoms with Crippen LogP contribution in [0.1, 0.15) is 12.5 Å². The average molecular weight is 273 g/mol. The minimum Gasteiger partial charge on any atom is -0.325 e. The third kappa shape index (κ3) is 2.76. The smallest absolute Gasteiger partial charge is 0.270 e. The first-order valence-electron chi connectivity index (χ1n) is 4.14. The van der Waals surface area contributed by atoms with Gasteiger partial charge in [0.25, 0.3) is 5.69 Å². The van der Waals surface area contributed by atoms with Crippen molar-refractivity contribution in [1.29, 1.82) is 0 Å². The summed E-state index contributed by atoms with van der Waals surface area (Å²) in [6, 6.07) is 2.77. The van der Waals surface area contributed by atoms with Crippen molar-refractivity contribution in [2.75, 3.05) is 5.32 Å². The van der Waals surface area contributed by atoms with Gasteiger partial charge in [0.15, 0.2) is 0 Å². The molecule has 5 nitrogen and oxygen atoms in total. The molecule has 0 heterocycles. The molecule has 1 N–H and O–H groups in total. The lowest BCUT2D eigenvalue weighted by Crippen LogP contribution is -2.08. The maximum atomic E-state index is 10.9. The van der Waals surface area contributed by atoms with E-state index in [1.165, 1.54) is 19.1 Å². The predicted molar refractivity (Wildman–Crippen MR) is 59.8 cm³/mol. The van der Waals surface area contributed by atoms with E-state index in [1.807, 2.05) is 0 Å². The van der Waals surface area contributed by atoms with Gasteiger partial charge in [0, 0.05) is 23.5 Å². The number of benzene rings is 1. The molecule has 0 radical (unpaired) electrons. The number of anilines is 1. The first-order valence-corrected chi connectivity index (χ1v) is 4.93. The Kier molecular flexibility index (Phi) is 3.41. The number of hydrogen-bond acceptors (Lipinski definition) is 3. The van der Waals surface area contributed by atoms with Crippen molar-refractivity contribution in [3.05, 3.63) is 32.3 Å². The van der Waals surface area contributed by atoms with Crippen LogP contribution < -0.4 is 5.32 Å². The summed E-state index contributed by atoms with van der Waals surface area (Å²) in [5.41, 5.74) is 1.20. The molecule has 0 aliphatic rings. The van der Waals surface area contributed by atoms with Crippen molar-refractivity contribution in [3.63, 3.8) is 0 Å². The molecule has 1 rings (SSSR count). The monoisotopic (exact) mass is 272 g/mol. The lowest BCUT2D eigenvalue weighted by atomic mass is 10.2. The number of nitrogens with one attached hydrogen (secondary N) is 1. The normalized spacial score (nSPS) is 9.80. The van der Waals surface area contributed by atoms with E-state index < -0.39 is 4.92 Å². The first kappa shape index (κ1) is 11.6. The fourth-order valence-electron chi connectivity index (χ4n) is 1.17. The Labute approximate surface area is 94.8 Å². The molecule has 1 aromatic carbocycles. The van der Waals surface area contributed by atoms with E-state index in [4.69, 9.17) is 0 Å². The van der Waals surface area contributed by atoms with Gasteiger partial charge in [0.05, 0.1) is 10.6 Å². The number of rotatable bonds is 2. The molecular weight excluding hydrogens is 264 g/mol. The van der Waals surface area contributed by atoms with E-state index in [1.54, 1.807) is 6.92 Å². The van der Waals surface area contributed by atoms with Crippen LogP contribution >= 0.6 is 15.9 Å². The van der Waals surface area contributed by atoms with E-state index in [0.29, 0.717) is 15.7 Å². The molecule has 0 saturated carbocycles. The molecule has 0 spiro atoms. The van der Waals surface area contributed by atoms with Crippen LogP contribution in [-0.2, 0) is 4.79 Å². The topological polar surface area (TPSA) is 72.2 Å². The van der Waals surface area contributed by atoms with Gasteiger partial charge in [-0.05, 0) is 28.4 Å². The number of amides is 1. The molecule has 1 amide bonds. The van der Waals surface area contributed by atoms with Crippen molar-refractivity contribution < 1.29 is 9.72 Å². The Morgan fingerprint density at radius 3 is 2.53 bits per heavy atom. The van der Waals surface area contributed by atoms with E-state index in [9.17, 15) is 14.9 Å². The molecule has 80 valence electrons. The molecule has 0 bridgehead atoms. The number of carbonyl (C=O) groups excluding carboxylic acids is 1. The van der Waals surface area contributed by atoms with E-state index in [2.05, 4.69) is 21.2 Å². The van der Waals surface area contributed by atoms with E-state index >= 15 is 0 Å². The Morgan fingerprint density at radius 2 is 2.13 bits per heavy atom. The summed E-state index contributed by atoms with van der Waals surface area (Å²) < 4.78 is 0.504. The summed E-state index contributed by atoms with van der Waals surface area (Å²) in [7, 11) is 0. The fraction of sp³-hybridized carbons (Fsp3) is 0.222. The minimum absolute atomic E-state index is 0.00604. The van der Waals surface area contributed by atoms with Crippen LogP contribution in [0.3, 0.4) is 0 Å². The Hall–Kier alpha value is -1.43. The second-order valence-corrected chi connectivity index (χ2v) is 3.91. The lowest BCUT2D eigenvalue weighted by Gasteiger charge is -2.08. The van der Waals surface area contributed by atoms with Crippen LogP contribution in [0.4, 0.5) is 11.4 Å². The number of aryl methyl sites for hydroxylation is 1. The van der Waals surface area contributed by atoms with Gasteiger partial charge in [-0.1, -0.05) is 0 Å². The van der Waals surface area contributed by atoms with Crippen LogP contribution in [0.5, 0.6) is 0 Å². The molecule has 0 aliphatic heterocycles. The first-order chi connectivity index (χ1) is 6.91. The third-order valence-corrected chi connectivity index (χ3v) is 2.41. The summed E-state index contributed by atoms with van der Waals surface area (Å²) in [5.74, 6) is -0.215. The van der Waals surface area contributed by atoms with Crippen molar-refractivity contribution in [3.8, 4) is 0 Å². The molecule has 0 saturated heterocycles. The highest BCUT2D eigenvalue weighted by Crippen LogP contribution is 2.30. The minimum atomic E-state index is -0.477. The second-order valence-electron chi connectivity index (χ2n) is 3.06. The molecule has 0 fully saturated rings. The van der Waals surface area contributed by atoms with Gasteiger partial charge in [0.2, 0.25) is 5.91 Å². The average Bonchev–Trinajstić information content (AvgIpc) is 2.10. The maximum absolute atomic E-state index is 10.9. The van der Waals surface area contributed by atoms with Gasteiger partial charge in [-0.3, -0.25) is 14.9 Å². The maximum Gasteiger partial charge on any atom is 0.270 e. The van der Waals surface area contributed by atoms with Gasteiger partial charge in [-0.25, -0.2) is 0 Å². The van der Waals surface area contributed by atoms with Gasteiger partial charge in [0.1, 0.15) is 0 Å². The van der Waals surface area contributed by atoms with Crippen LogP contribution in [-0.4, -0.2) is 10.8 Å². The molecule has 0 aromatic heterocycles. The molecule has 1 aromatic rings. The van der Waals surface area contributed by atoms with Crippen LogP contribution in [0.25, 0.3) is 0 Å². The number of carbonyl (C=O) groups is 1. The molecule has 15 heavy (non-hydrogen) atoms. The SMILES string of the molecule is CC(=O)Nc1c(C)cc([N+](=O)[O-])cc1Br. The van der Waals surface area contributed by atoms with Crippen molar-refractivity contribution in [2.24, 2.45) is 0 Å². The van der Waals surface area contributed by atoms with Crippen molar-refractivity contribution >= 4 is 33.2 Å². The molecule has 6 heteroatoms. The third-order valence-electron chi connectivity index (χ3n) is 1.78. The predicted octanol–water partition coefficient (Wildman–Crippen LogP) is 2.62. The number of nitro benzene ring substituents is 1. The van der Waals surface area contributed by atoms with Crippen LogP contribution in [0.15, 0.2) is 16.6 Å². The van der Waals surface area contributed by atoms with Gasteiger partial charge < -0.3 is 5.32 Å². The number of nitro groups is 1. The number of hydrogen-bond donors (Lipinski definition) is 1. The van der Waals surface area contributed by atoms with Crippen LogP contribution in [0.2, 0.25) is 0 Å².